The third-order valence-corrected chi connectivity index (χ3v) is 4.45. The van der Waals surface area contributed by atoms with Gasteiger partial charge in [-0.15, -0.1) is 17.9 Å². The summed E-state index contributed by atoms with van der Waals surface area (Å²) in [7, 11) is 0. The van der Waals surface area contributed by atoms with Gasteiger partial charge in [0, 0.05) is 25.0 Å². The molecule has 2 rings (SSSR count). The molecule has 0 spiro atoms. The number of thiazole rings is 1. The first-order valence-corrected chi connectivity index (χ1v) is 8.84. The van der Waals surface area contributed by atoms with Crippen LogP contribution in [-0.2, 0) is 9.53 Å². The molecule has 1 saturated heterocycles. The number of nitrogens with one attached hydrogen (secondary N) is 1. The highest BCUT2D eigenvalue weighted by molar-refractivity contribution is 7.13. The number of anilines is 1. The lowest BCUT2D eigenvalue weighted by atomic mass is 10.1. The van der Waals surface area contributed by atoms with Crippen LogP contribution in [0.5, 0.6) is 0 Å². The van der Waals surface area contributed by atoms with E-state index < -0.39 is 5.97 Å². The number of amides is 1. The molecule has 6 nitrogen and oxygen atoms in total. The molecule has 1 aliphatic rings. The van der Waals surface area contributed by atoms with E-state index in [1.807, 2.05) is 0 Å². The van der Waals surface area contributed by atoms with Crippen molar-refractivity contribution in [2.24, 2.45) is 0 Å². The average molecular weight is 337 g/mol. The molecule has 1 aromatic heterocycles. The summed E-state index contributed by atoms with van der Waals surface area (Å²) in [6.45, 7) is 5.47. The Labute approximate surface area is 140 Å². The summed E-state index contributed by atoms with van der Waals surface area (Å²) in [5.74, 6) is -0.686. The second-order valence-corrected chi connectivity index (χ2v) is 6.29. The molecule has 1 aliphatic heterocycles. The van der Waals surface area contributed by atoms with Crippen LogP contribution in [0.4, 0.5) is 5.13 Å². The van der Waals surface area contributed by atoms with Gasteiger partial charge < -0.3 is 15.0 Å². The van der Waals surface area contributed by atoms with Crippen LogP contribution in [0.3, 0.4) is 0 Å². The van der Waals surface area contributed by atoms with Gasteiger partial charge in [0.05, 0.1) is 0 Å². The van der Waals surface area contributed by atoms with Gasteiger partial charge in [0.2, 0.25) is 0 Å². The zero-order valence-corrected chi connectivity index (χ0v) is 14.1. The second-order valence-electron chi connectivity index (χ2n) is 5.43. The normalized spacial score (nSPS) is 15.4. The van der Waals surface area contributed by atoms with Crippen LogP contribution in [-0.4, -0.2) is 48.0 Å². The summed E-state index contributed by atoms with van der Waals surface area (Å²) in [5, 5.41) is 5.26. The molecule has 0 unspecified atom stereocenters. The van der Waals surface area contributed by atoms with Gasteiger partial charge in [-0.25, -0.2) is 9.78 Å². The van der Waals surface area contributed by atoms with Gasteiger partial charge in [0.25, 0.3) is 5.91 Å². The number of rotatable bonds is 6. The zero-order valence-electron chi connectivity index (χ0n) is 13.3. The molecular formula is C16H23N3O3S. The third kappa shape index (κ3) is 5.67. The van der Waals surface area contributed by atoms with Crippen LogP contribution in [0, 0.1) is 0 Å². The van der Waals surface area contributed by atoms with Gasteiger partial charge in [0.15, 0.2) is 17.4 Å². The van der Waals surface area contributed by atoms with E-state index in [0.29, 0.717) is 11.7 Å². The second kappa shape index (κ2) is 9.29. The fraction of sp³-hybridized carbons (Fsp3) is 0.562. The van der Waals surface area contributed by atoms with Crippen molar-refractivity contribution < 1.29 is 14.3 Å². The highest BCUT2D eigenvalue weighted by Crippen LogP contribution is 2.16. The van der Waals surface area contributed by atoms with Crippen molar-refractivity contribution in [1.29, 1.82) is 0 Å². The maximum absolute atomic E-state index is 12.2. The minimum absolute atomic E-state index is 0.125. The van der Waals surface area contributed by atoms with Gasteiger partial charge in [-0.3, -0.25) is 4.79 Å². The SMILES string of the molecule is C=CCNc1nc(C(=O)OCC(=O)N2CCCCCCC2)cs1. The number of hydrogen-bond acceptors (Lipinski definition) is 6. The van der Waals surface area contributed by atoms with Crippen LogP contribution >= 0.6 is 11.3 Å². The number of likely N-dealkylation sites (tertiary alicyclic amines) is 1. The summed E-state index contributed by atoms with van der Waals surface area (Å²) in [6, 6.07) is 0. The standard InChI is InChI=1S/C16H23N3O3S/c1-2-8-17-16-18-13(12-23-16)15(21)22-11-14(20)19-9-6-4-3-5-7-10-19/h2,12H,1,3-11H2,(H,17,18). The summed E-state index contributed by atoms with van der Waals surface area (Å²) >= 11 is 1.32. The highest BCUT2D eigenvalue weighted by atomic mass is 32.1. The number of nitrogens with zero attached hydrogens (tertiary/aromatic N) is 2. The lowest BCUT2D eigenvalue weighted by molar-refractivity contribution is -0.134. The number of carbonyl (C=O) groups excluding carboxylic acids is 2. The maximum Gasteiger partial charge on any atom is 0.358 e. The molecule has 1 amide bonds. The maximum atomic E-state index is 12.2. The van der Waals surface area contributed by atoms with Gasteiger partial charge >= 0.3 is 5.97 Å². The average Bonchev–Trinajstić information content (AvgIpc) is 2.99. The first-order chi connectivity index (χ1) is 11.2. The monoisotopic (exact) mass is 337 g/mol. The lowest BCUT2D eigenvalue weighted by Gasteiger charge is -2.24. The van der Waals surface area contributed by atoms with E-state index in [2.05, 4.69) is 16.9 Å². The Morgan fingerprint density at radius 3 is 2.70 bits per heavy atom. The van der Waals surface area contributed by atoms with E-state index >= 15 is 0 Å². The summed E-state index contributed by atoms with van der Waals surface area (Å²) < 4.78 is 5.10. The van der Waals surface area contributed by atoms with Gasteiger partial charge in [-0.05, 0) is 12.8 Å². The number of aromatic nitrogens is 1. The molecule has 1 fully saturated rings. The Morgan fingerprint density at radius 2 is 2.00 bits per heavy atom. The first kappa shape index (κ1) is 17.5. The topological polar surface area (TPSA) is 71.5 Å². The Bertz CT molecular complexity index is 536. The van der Waals surface area contributed by atoms with Crippen LogP contribution < -0.4 is 5.32 Å². The molecular weight excluding hydrogens is 314 g/mol. The van der Waals surface area contributed by atoms with Crippen molar-refractivity contribution in [3.63, 3.8) is 0 Å². The predicted molar refractivity (Wildman–Crippen MR) is 90.7 cm³/mol. The van der Waals surface area contributed by atoms with Gasteiger partial charge in [-0.1, -0.05) is 25.3 Å². The van der Waals surface area contributed by atoms with Crippen molar-refractivity contribution in [2.45, 2.75) is 32.1 Å². The lowest BCUT2D eigenvalue weighted by Crippen LogP contribution is -2.37. The Balaban J connectivity index is 1.79. The van der Waals surface area contributed by atoms with Crippen molar-refractivity contribution in [3.05, 3.63) is 23.7 Å². The Kier molecular flexibility index (Phi) is 7.06. The quantitative estimate of drug-likeness (QED) is 0.638. The van der Waals surface area contributed by atoms with Crippen LogP contribution in [0.1, 0.15) is 42.6 Å². The molecule has 2 heterocycles. The summed E-state index contributed by atoms with van der Waals surface area (Å²) in [6.07, 6.45) is 7.30. The molecule has 0 radical (unpaired) electrons. The minimum atomic E-state index is -0.562. The third-order valence-electron chi connectivity index (χ3n) is 3.65. The first-order valence-electron chi connectivity index (χ1n) is 7.96. The minimum Gasteiger partial charge on any atom is -0.451 e. The van der Waals surface area contributed by atoms with Crippen LogP contribution in [0.2, 0.25) is 0 Å². The van der Waals surface area contributed by atoms with Crippen molar-refractivity contribution in [2.75, 3.05) is 31.6 Å². The molecule has 23 heavy (non-hydrogen) atoms. The van der Waals surface area contributed by atoms with Crippen molar-refractivity contribution in [3.8, 4) is 0 Å². The van der Waals surface area contributed by atoms with Crippen molar-refractivity contribution >= 4 is 28.3 Å². The van der Waals surface area contributed by atoms with Crippen LogP contribution in [0.25, 0.3) is 0 Å². The van der Waals surface area contributed by atoms with Crippen LogP contribution in [0.15, 0.2) is 18.0 Å². The fourth-order valence-electron chi connectivity index (χ4n) is 2.40. The zero-order chi connectivity index (χ0) is 16.5. The highest BCUT2D eigenvalue weighted by Gasteiger charge is 2.18. The molecule has 0 aliphatic carbocycles. The van der Waals surface area contributed by atoms with E-state index in [4.69, 9.17) is 4.74 Å². The summed E-state index contributed by atoms with van der Waals surface area (Å²) in [5.41, 5.74) is 0.224. The number of carbonyl (C=O) groups is 2. The molecule has 1 N–H and O–H groups in total. The van der Waals surface area contributed by atoms with Gasteiger partial charge in [0.1, 0.15) is 0 Å². The van der Waals surface area contributed by atoms with E-state index in [-0.39, 0.29) is 18.2 Å². The molecule has 7 heteroatoms. The number of ether oxygens (including phenoxy) is 1. The molecule has 1 aromatic rings. The van der Waals surface area contributed by atoms with E-state index in [9.17, 15) is 9.59 Å². The smallest absolute Gasteiger partial charge is 0.358 e. The number of esters is 1. The largest absolute Gasteiger partial charge is 0.451 e. The Morgan fingerprint density at radius 1 is 1.30 bits per heavy atom. The van der Waals surface area contributed by atoms with Crippen molar-refractivity contribution in [1.82, 2.24) is 9.88 Å². The molecule has 0 bridgehead atoms. The van der Waals surface area contributed by atoms with E-state index in [1.165, 1.54) is 17.8 Å². The predicted octanol–water partition coefficient (Wildman–Crippen LogP) is 2.69. The molecule has 0 saturated carbocycles. The van der Waals surface area contributed by atoms with E-state index in [1.54, 1.807) is 16.4 Å². The Hall–Kier alpha value is -1.89. The molecule has 126 valence electrons. The molecule has 0 aromatic carbocycles. The summed E-state index contributed by atoms with van der Waals surface area (Å²) in [4.78, 5) is 30.0. The number of hydrogen-bond donors (Lipinski definition) is 1. The van der Waals surface area contributed by atoms with Gasteiger partial charge in [-0.2, -0.15) is 0 Å². The van der Waals surface area contributed by atoms with E-state index in [0.717, 1.165) is 38.8 Å². The fourth-order valence-corrected chi connectivity index (χ4v) is 3.09. The molecule has 0 atom stereocenters.